The second-order valence-corrected chi connectivity index (χ2v) is 10.8. The molecule has 0 aliphatic rings. The third kappa shape index (κ3) is 5.74. The van der Waals surface area contributed by atoms with E-state index in [-0.39, 0.29) is 16.8 Å². The molecule has 8 heteroatoms. The number of hydrogen-bond acceptors (Lipinski definition) is 6. The van der Waals surface area contributed by atoms with Crippen LogP contribution in [0, 0.1) is 12.8 Å². The Morgan fingerprint density at radius 1 is 1.17 bits per heavy atom. The molecule has 156 valence electrons. The molecule has 29 heavy (non-hydrogen) atoms. The number of hydrogen-bond donors (Lipinski definition) is 0. The molecule has 2 heterocycles. The van der Waals surface area contributed by atoms with E-state index in [1.54, 1.807) is 17.5 Å². The maximum atomic E-state index is 12.9. The van der Waals surface area contributed by atoms with Crippen molar-refractivity contribution >= 4 is 21.2 Å². The van der Waals surface area contributed by atoms with E-state index in [4.69, 9.17) is 0 Å². The topological polar surface area (TPSA) is 68.1 Å². The summed E-state index contributed by atoms with van der Waals surface area (Å²) in [7, 11) is -1.45. The van der Waals surface area contributed by atoms with Crippen molar-refractivity contribution in [2.24, 2.45) is 5.92 Å². The zero-order chi connectivity index (χ0) is 21.0. The van der Waals surface area contributed by atoms with Crippen LogP contribution in [0.1, 0.15) is 35.8 Å². The molecule has 0 spiro atoms. The molecule has 0 atom stereocenters. The van der Waals surface area contributed by atoms with Gasteiger partial charge in [-0.25, -0.2) is 18.4 Å². The monoisotopic (exact) mass is 432 g/mol. The highest BCUT2D eigenvalue weighted by atomic mass is 32.2. The van der Waals surface area contributed by atoms with Crippen molar-refractivity contribution in [3.8, 4) is 0 Å². The van der Waals surface area contributed by atoms with E-state index in [2.05, 4.69) is 20.2 Å². The van der Waals surface area contributed by atoms with Gasteiger partial charge in [-0.15, -0.1) is 11.3 Å². The molecule has 0 amide bonds. The van der Waals surface area contributed by atoms with E-state index < -0.39 is 9.84 Å². The molecule has 0 unspecified atom stereocenters. The fraction of sp³-hybridized carbons (Fsp3) is 0.429. The molecule has 0 radical (unpaired) electrons. The van der Waals surface area contributed by atoms with E-state index in [1.807, 2.05) is 62.7 Å². The average Bonchev–Trinajstić information content (AvgIpc) is 3.21. The first-order valence-corrected chi connectivity index (χ1v) is 12.2. The molecule has 3 rings (SSSR count). The molecule has 0 bridgehead atoms. The Morgan fingerprint density at radius 2 is 1.90 bits per heavy atom. The van der Waals surface area contributed by atoms with Crippen molar-refractivity contribution in [2.45, 2.75) is 45.6 Å². The van der Waals surface area contributed by atoms with Gasteiger partial charge in [-0.3, -0.25) is 4.90 Å². The number of aryl methyl sites for hydroxylation is 1. The highest BCUT2D eigenvalue weighted by Gasteiger charge is 2.25. The first kappa shape index (κ1) is 21.7. The highest BCUT2D eigenvalue weighted by molar-refractivity contribution is 7.91. The van der Waals surface area contributed by atoms with Gasteiger partial charge in [-0.05, 0) is 25.5 Å². The summed E-state index contributed by atoms with van der Waals surface area (Å²) in [4.78, 5) is 11.0. The van der Waals surface area contributed by atoms with Gasteiger partial charge in [0.05, 0.1) is 34.9 Å². The van der Waals surface area contributed by atoms with Gasteiger partial charge in [0.1, 0.15) is 0 Å². The molecule has 0 N–H and O–H groups in total. The van der Waals surface area contributed by atoms with E-state index in [0.717, 1.165) is 22.0 Å². The van der Waals surface area contributed by atoms with E-state index >= 15 is 0 Å². The Hall–Kier alpha value is -2.03. The molecular weight excluding hydrogens is 404 g/mol. The third-order valence-corrected chi connectivity index (χ3v) is 7.26. The summed E-state index contributed by atoms with van der Waals surface area (Å²) >= 11 is 1.64. The van der Waals surface area contributed by atoms with Gasteiger partial charge in [-0.2, -0.15) is 0 Å². The summed E-state index contributed by atoms with van der Waals surface area (Å²) in [5.74, 6) is 0.132. The Morgan fingerprint density at radius 3 is 2.52 bits per heavy atom. The van der Waals surface area contributed by atoms with Crippen LogP contribution in [0.4, 0.5) is 0 Å². The second-order valence-electron chi connectivity index (χ2n) is 7.81. The van der Waals surface area contributed by atoms with Gasteiger partial charge in [0, 0.05) is 18.5 Å². The van der Waals surface area contributed by atoms with Crippen LogP contribution >= 0.6 is 11.3 Å². The zero-order valence-corrected chi connectivity index (χ0v) is 19.0. The fourth-order valence-electron chi connectivity index (χ4n) is 3.30. The maximum absolute atomic E-state index is 12.9. The number of sulfone groups is 1. The van der Waals surface area contributed by atoms with Crippen molar-refractivity contribution < 1.29 is 8.42 Å². The van der Waals surface area contributed by atoms with Crippen LogP contribution in [-0.4, -0.2) is 40.7 Å². The summed E-state index contributed by atoms with van der Waals surface area (Å²) in [6, 6.07) is 9.89. The normalized spacial score (nSPS) is 12.2. The Labute approximate surface area is 177 Å². The molecule has 3 aromatic rings. The number of rotatable bonds is 9. The molecule has 1 aromatic carbocycles. The lowest BCUT2D eigenvalue weighted by atomic mass is 10.2. The van der Waals surface area contributed by atoms with Gasteiger partial charge in [0.15, 0.2) is 0 Å². The quantitative estimate of drug-likeness (QED) is 0.515. The smallest absolute Gasteiger partial charge is 0.228 e. The van der Waals surface area contributed by atoms with Crippen LogP contribution in [0.3, 0.4) is 0 Å². The van der Waals surface area contributed by atoms with Crippen molar-refractivity contribution in [3.63, 3.8) is 0 Å². The molecule has 2 aromatic heterocycles. The lowest BCUT2D eigenvalue weighted by Gasteiger charge is -2.18. The molecule has 0 aliphatic heterocycles. The van der Waals surface area contributed by atoms with Crippen LogP contribution < -0.4 is 0 Å². The number of benzene rings is 1. The van der Waals surface area contributed by atoms with Crippen LogP contribution in [0.5, 0.6) is 0 Å². The van der Waals surface area contributed by atoms with Gasteiger partial charge in [0.25, 0.3) is 0 Å². The average molecular weight is 433 g/mol. The predicted molar refractivity (Wildman–Crippen MR) is 117 cm³/mol. The summed E-state index contributed by atoms with van der Waals surface area (Å²) in [6.07, 6.45) is 1.69. The Kier molecular flexibility index (Phi) is 6.87. The molecule has 0 saturated carbocycles. The van der Waals surface area contributed by atoms with Crippen molar-refractivity contribution in [3.05, 3.63) is 63.9 Å². The summed E-state index contributed by atoms with van der Waals surface area (Å²) in [5, 5.41) is 3.26. The van der Waals surface area contributed by atoms with Crippen molar-refractivity contribution in [2.75, 3.05) is 12.8 Å². The first-order valence-electron chi connectivity index (χ1n) is 9.65. The number of imidazole rings is 1. The van der Waals surface area contributed by atoms with Crippen LogP contribution in [-0.2, 0) is 29.5 Å². The minimum atomic E-state index is -3.46. The van der Waals surface area contributed by atoms with E-state index in [9.17, 15) is 8.42 Å². The molecular formula is C21H28N4O2S2. The van der Waals surface area contributed by atoms with Crippen molar-refractivity contribution in [1.29, 1.82) is 0 Å². The van der Waals surface area contributed by atoms with Gasteiger partial charge in [0.2, 0.25) is 15.0 Å². The predicted octanol–water partition coefficient (Wildman–Crippen LogP) is 3.76. The summed E-state index contributed by atoms with van der Waals surface area (Å²) in [5.41, 5.74) is 2.95. The number of nitrogens with zero attached hydrogens (tertiary/aromatic N) is 4. The third-order valence-electron chi connectivity index (χ3n) is 4.45. The van der Waals surface area contributed by atoms with Gasteiger partial charge < -0.3 is 4.57 Å². The molecule has 0 fully saturated rings. The highest BCUT2D eigenvalue weighted by Crippen LogP contribution is 2.20. The minimum absolute atomic E-state index is 0.0425. The standard InChI is InChI=1S/C21H28N4O2S2/c1-16(2)15-29(26,27)21-22-10-20(25(21)11-18-8-6-5-7-9-18)13-24(4)12-19-14-28-17(3)23-19/h5-10,14,16H,11-13,15H2,1-4H3. The Balaban J connectivity index is 1.89. The fourth-order valence-corrected chi connectivity index (χ4v) is 5.67. The molecule has 6 nitrogen and oxygen atoms in total. The van der Waals surface area contributed by atoms with E-state index in [0.29, 0.717) is 19.6 Å². The molecule has 0 saturated heterocycles. The van der Waals surface area contributed by atoms with Gasteiger partial charge in [-0.1, -0.05) is 44.2 Å². The number of thiazole rings is 1. The van der Waals surface area contributed by atoms with Crippen LogP contribution in [0.2, 0.25) is 0 Å². The lowest BCUT2D eigenvalue weighted by molar-refractivity contribution is 0.305. The summed E-state index contributed by atoms with van der Waals surface area (Å²) in [6.45, 7) is 7.59. The largest absolute Gasteiger partial charge is 0.313 e. The van der Waals surface area contributed by atoms with Crippen LogP contribution in [0.25, 0.3) is 0 Å². The zero-order valence-electron chi connectivity index (χ0n) is 17.4. The lowest BCUT2D eigenvalue weighted by Crippen LogP contribution is -2.22. The maximum Gasteiger partial charge on any atom is 0.228 e. The second kappa shape index (κ2) is 9.19. The number of aromatic nitrogens is 3. The SMILES string of the molecule is Cc1nc(CN(C)Cc2cnc(S(=O)(=O)CC(C)C)n2Cc2ccccc2)cs1. The summed E-state index contributed by atoms with van der Waals surface area (Å²) < 4.78 is 27.7. The van der Waals surface area contributed by atoms with Crippen molar-refractivity contribution in [1.82, 2.24) is 19.4 Å². The van der Waals surface area contributed by atoms with E-state index in [1.165, 1.54) is 0 Å². The minimum Gasteiger partial charge on any atom is -0.313 e. The van der Waals surface area contributed by atoms with Gasteiger partial charge >= 0.3 is 0 Å². The Bertz CT molecular complexity index is 1040. The first-order chi connectivity index (χ1) is 13.7. The van der Waals surface area contributed by atoms with Crippen LogP contribution in [0.15, 0.2) is 47.1 Å². The molecule has 0 aliphatic carbocycles.